The van der Waals surface area contributed by atoms with Gasteiger partial charge in [0.2, 0.25) is 0 Å². The number of piperazine rings is 1. The fourth-order valence-corrected chi connectivity index (χ4v) is 4.72. The van der Waals surface area contributed by atoms with Crippen molar-refractivity contribution in [3.8, 4) is 11.5 Å². The Kier molecular flexibility index (Phi) is 5.33. The molecule has 1 aromatic heterocycles. The number of rotatable bonds is 2. The summed E-state index contributed by atoms with van der Waals surface area (Å²) in [6.07, 6.45) is 1.27. The largest absolute Gasteiger partial charge is 0.444 e. The number of aromatic nitrogens is 1. The van der Waals surface area contributed by atoms with Crippen LogP contribution >= 0.6 is 11.6 Å². The number of carbonyl (C=O) groups is 1. The molecule has 176 valence electrons. The normalized spacial score (nSPS) is 26.3. The molecular formula is C24H28ClN3O5. The third-order valence-electron chi connectivity index (χ3n) is 6.09. The number of hydrogen-bond donors (Lipinski definition) is 0. The van der Waals surface area contributed by atoms with E-state index in [2.05, 4.69) is 9.88 Å². The first-order valence-corrected chi connectivity index (χ1v) is 11.5. The van der Waals surface area contributed by atoms with Crippen molar-refractivity contribution in [1.29, 1.82) is 0 Å². The van der Waals surface area contributed by atoms with E-state index in [0.717, 1.165) is 5.69 Å². The van der Waals surface area contributed by atoms with E-state index in [1.165, 1.54) is 0 Å². The van der Waals surface area contributed by atoms with Gasteiger partial charge in [0.25, 0.3) is 5.79 Å². The minimum Gasteiger partial charge on any atom is -0.444 e. The second kappa shape index (κ2) is 7.95. The number of benzene rings is 1. The highest BCUT2D eigenvalue weighted by Gasteiger charge is 2.47. The fraction of sp³-hybridized carbons (Fsp3) is 0.500. The Balaban J connectivity index is 1.41. The molecule has 3 aliphatic rings. The number of anilines is 1. The molecule has 1 amide bonds. The van der Waals surface area contributed by atoms with Gasteiger partial charge in [-0.3, -0.25) is 9.88 Å². The Hall–Kier alpha value is -2.71. The van der Waals surface area contributed by atoms with E-state index in [1.807, 2.05) is 45.9 Å². The van der Waals surface area contributed by atoms with Gasteiger partial charge in [-0.05, 0) is 45.0 Å². The molecule has 5 rings (SSSR count). The summed E-state index contributed by atoms with van der Waals surface area (Å²) in [5.41, 5.74) is 0.995. The first kappa shape index (κ1) is 22.1. The maximum atomic E-state index is 12.8. The molecule has 33 heavy (non-hydrogen) atoms. The Bertz CT molecular complexity index is 1060. The van der Waals surface area contributed by atoms with Crippen molar-refractivity contribution in [1.82, 2.24) is 9.88 Å². The van der Waals surface area contributed by atoms with E-state index in [0.29, 0.717) is 48.5 Å². The number of nitrogens with zero attached hydrogens (tertiary/aromatic N) is 3. The van der Waals surface area contributed by atoms with E-state index in [-0.39, 0.29) is 18.2 Å². The van der Waals surface area contributed by atoms with Crippen LogP contribution in [-0.2, 0) is 15.3 Å². The first-order valence-electron chi connectivity index (χ1n) is 11.1. The lowest BCUT2D eigenvalue weighted by atomic mass is 10.0. The standard InChI is InChI=1S/C24H28ClN3O5/c1-23(2,3)33-22(29)28-11-10-27(17-13-30-14-18(17)28)16-6-5-7-19-21(16)32-24(4,31-19)20-9-8-15(25)12-26-20/h5-9,12,17-18H,10-11,13-14H2,1-4H3/t17-,18+,24?/m1/s1. The number of hydrogen-bond acceptors (Lipinski definition) is 7. The van der Waals surface area contributed by atoms with E-state index in [4.69, 9.17) is 30.5 Å². The van der Waals surface area contributed by atoms with Crippen molar-refractivity contribution >= 4 is 23.4 Å². The molecule has 0 radical (unpaired) electrons. The van der Waals surface area contributed by atoms with Gasteiger partial charge < -0.3 is 23.8 Å². The summed E-state index contributed by atoms with van der Waals surface area (Å²) in [5, 5.41) is 0.550. The number of carbonyl (C=O) groups excluding carboxylic acids is 1. The summed E-state index contributed by atoms with van der Waals surface area (Å²) < 4.78 is 24.0. The second-order valence-corrected chi connectivity index (χ2v) is 10.1. The maximum Gasteiger partial charge on any atom is 0.410 e. The molecule has 2 fully saturated rings. The molecule has 0 aliphatic carbocycles. The van der Waals surface area contributed by atoms with Gasteiger partial charge in [-0.1, -0.05) is 17.7 Å². The van der Waals surface area contributed by atoms with Crippen molar-refractivity contribution in [2.45, 2.75) is 51.2 Å². The minimum atomic E-state index is -1.06. The van der Waals surface area contributed by atoms with Crippen molar-refractivity contribution in [2.75, 3.05) is 31.2 Å². The molecule has 9 heteroatoms. The molecule has 0 N–H and O–H groups in total. The molecule has 2 saturated heterocycles. The lowest BCUT2D eigenvalue weighted by molar-refractivity contribution is -0.0716. The highest BCUT2D eigenvalue weighted by Crippen LogP contribution is 2.50. The summed E-state index contributed by atoms with van der Waals surface area (Å²) in [7, 11) is 0. The zero-order valence-corrected chi connectivity index (χ0v) is 20.0. The fourth-order valence-electron chi connectivity index (χ4n) is 4.61. The van der Waals surface area contributed by atoms with Gasteiger partial charge in [0.15, 0.2) is 11.5 Å². The highest BCUT2D eigenvalue weighted by molar-refractivity contribution is 6.30. The molecule has 1 unspecified atom stereocenters. The Morgan fingerprint density at radius 3 is 2.67 bits per heavy atom. The first-order chi connectivity index (χ1) is 15.6. The topological polar surface area (TPSA) is 73.4 Å². The SMILES string of the molecule is CC(C)(C)OC(=O)N1CCN(c2cccc3c2OC(C)(c2ccc(Cl)cn2)O3)[C@@H]2COC[C@@H]21. The number of fused-ring (bicyclic) bond motifs is 2. The van der Waals surface area contributed by atoms with Crippen molar-refractivity contribution < 1.29 is 23.7 Å². The van der Waals surface area contributed by atoms with E-state index in [1.54, 1.807) is 23.2 Å². The van der Waals surface area contributed by atoms with Crippen LogP contribution in [0.25, 0.3) is 0 Å². The lowest BCUT2D eigenvalue weighted by Gasteiger charge is -2.44. The van der Waals surface area contributed by atoms with Crippen LogP contribution in [0.3, 0.4) is 0 Å². The molecule has 1 aromatic carbocycles. The van der Waals surface area contributed by atoms with Gasteiger partial charge in [0.05, 0.1) is 36.0 Å². The van der Waals surface area contributed by atoms with Crippen LogP contribution in [0.5, 0.6) is 11.5 Å². The average Bonchev–Trinajstić information content (AvgIpc) is 3.36. The number of para-hydroxylation sites is 1. The number of ether oxygens (including phenoxy) is 4. The number of halogens is 1. The van der Waals surface area contributed by atoms with E-state index >= 15 is 0 Å². The lowest BCUT2D eigenvalue weighted by Crippen LogP contribution is -2.61. The Morgan fingerprint density at radius 2 is 1.94 bits per heavy atom. The predicted molar refractivity (Wildman–Crippen MR) is 123 cm³/mol. The van der Waals surface area contributed by atoms with Crippen molar-refractivity contribution in [2.24, 2.45) is 0 Å². The van der Waals surface area contributed by atoms with Gasteiger partial charge in [-0.2, -0.15) is 0 Å². The Labute approximate surface area is 198 Å². The van der Waals surface area contributed by atoms with Crippen molar-refractivity contribution in [3.63, 3.8) is 0 Å². The molecule has 0 saturated carbocycles. The zero-order chi connectivity index (χ0) is 23.4. The van der Waals surface area contributed by atoms with Gasteiger partial charge in [-0.15, -0.1) is 0 Å². The van der Waals surface area contributed by atoms with Gasteiger partial charge in [0, 0.05) is 26.2 Å². The van der Waals surface area contributed by atoms with Crippen LogP contribution in [-0.4, -0.2) is 60.0 Å². The summed E-state index contributed by atoms with van der Waals surface area (Å²) in [6, 6.07) is 9.31. The molecule has 3 atom stereocenters. The number of pyridine rings is 1. The molecule has 0 spiro atoms. The average molecular weight is 474 g/mol. The maximum absolute atomic E-state index is 12.8. The molecular weight excluding hydrogens is 446 g/mol. The Morgan fingerprint density at radius 1 is 1.15 bits per heavy atom. The van der Waals surface area contributed by atoms with Crippen LogP contribution in [0.4, 0.5) is 10.5 Å². The van der Waals surface area contributed by atoms with Crippen molar-refractivity contribution in [3.05, 3.63) is 47.2 Å². The summed E-state index contributed by atoms with van der Waals surface area (Å²) in [5.74, 6) is 0.248. The molecule has 0 bridgehead atoms. The minimum absolute atomic E-state index is 0.0121. The smallest absolute Gasteiger partial charge is 0.410 e. The van der Waals surface area contributed by atoms with Crippen LogP contribution in [0.2, 0.25) is 5.02 Å². The highest BCUT2D eigenvalue weighted by atomic mass is 35.5. The van der Waals surface area contributed by atoms with Crippen LogP contribution in [0.1, 0.15) is 33.4 Å². The molecule has 2 aromatic rings. The van der Waals surface area contributed by atoms with Crippen LogP contribution in [0.15, 0.2) is 36.5 Å². The summed E-state index contributed by atoms with van der Waals surface area (Å²) in [6.45, 7) is 9.61. The van der Waals surface area contributed by atoms with Gasteiger partial charge >= 0.3 is 6.09 Å². The summed E-state index contributed by atoms with van der Waals surface area (Å²) in [4.78, 5) is 21.3. The van der Waals surface area contributed by atoms with Crippen LogP contribution in [0, 0.1) is 0 Å². The van der Waals surface area contributed by atoms with E-state index in [9.17, 15) is 4.79 Å². The number of amides is 1. The van der Waals surface area contributed by atoms with Crippen LogP contribution < -0.4 is 14.4 Å². The predicted octanol–water partition coefficient (Wildman–Crippen LogP) is 4.20. The van der Waals surface area contributed by atoms with Gasteiger partial charge in [0.1, 0.15) is 11.3 Å². The zero-order valence-electron chi connectivity index (χ0n) is 19.2. The second-order valence-electron chi connectivity index (χ2n) is 9.66. The van der Waals surface area contributed by atoms with Gasteiger partial charge in [-0.25, -0.2) is 4.79 Å². The quantitative estimate of drug-likeness (QED) is 0.647. The third kappa shape index (κ3) is 4.06. The summed E-state index contributed by atoms with van der Waals surface area (Å²) >= 11 is 6.00. The molecule has 8 nitrogen and oxygen atoms in total. The van der Waals surface area contributed by atoms with E-state index < -0.39 is 11.4 Å². The molecule has 4 heterocycles. The third-order valence-corrected chi connectivity index (χ3v) is 6.32. The monoisotopic (exact) mass is 473 g/mol. The molecule has 3 aliphatic heterocycles.